The van der Waals surface area contributed by atoms with E-state index in [4.69, 9.17) is 5.73 Å². The van der Waals surface area contributed by atoms with Gasteiger partial charge in [0.05, 0.1) is 6.20 Å². The number of aryl methyl sites for hydroxylation is 2. The van der Waals surface area contributed by atoms with E-state index >= 15 is 0 Å². The van der Waals surface area contributed by atoms with E-state index in [-0.39, 0.29) is 6.04 Å². The van der Waals surface area contributed by atoms with Gasteiger partial charge >= 0.3 is 0 Å². The molecule has 0 aliphatic carbocycles. The molecule has 1 atom stereocenters. The van der Waals surface area contributed by atoms with Gasteiger partial charge < -0.3 is 5.73 Å². The van der Waals surface area contributed by atoms with Gasteiger partial charge in [-0.05, 0) is 25.3 Å². The molecule has 0 aliphatic heterocycles. The second-order valence-corrected chi connectivity index (χ2v) is 3.04. The van der Waals surface area contributed by atoms with Gasteiger partial charge in [-0.1, -0.05) is 0 Å². The molecule has 0 saturated heterocycles. The van der Waals surface area contributed by atoms with Crippen LogP contribution in [0.15, 0.2) is 12.4 Å². The van der Waals surface area contributed by atoms with E-state index in [0.717, 1.165) is 12.8 Å². The summed E-state index contributed by atoms with van der Waals surface area (Å²) in [5, 5.41) is 4.07. The van der Waals surface area contributed by atoms with Gasteiger partial charge in [0.25, 0.3) is 0 Å². The number of nitrogens with zero attached hydrogens (tertiary/aromatic N) is 2. The Morgan fingerprint density at radius 1 is 1.73 bits per heavy atom. The molecule has 1 aromatic heterocycles. The van der Waals surface area contributed by atoms with Crippen LogP contribution in [0, 0.1) is 0 Å². The van der Waals surface area contributed by atoms with Crippen molar-refractivity contribution in [2.75, 3.05) is 0 Å². The van der Waals surface area contributed by atoms with Crippen LogP contribution in [0.5, 0.6) is 0 Å². The summed E-state index contributed by atoms with van der Waals surface area (Å²) in [6, 6.07) is 0.287. The normalized spacial score (nSPS) is 13.4. The SMILES string of the molecule is C[C@@H](N)CCc1cnn(C)c1. The van der Waals surface area contributed by atoms with Crippen molar-refractivity contribution in [3.05, 3.63) is 18.0 Å². The summed E-state index contributed by atoms with van der Waals surface area (Å²) in [5.74, 6) is 0. The quantitative estimate of drug-likeness (QED) is 0.694. The van der Waals surface area contributed by atoms with E-state index < -0.39 is 0 Å². The smallest absolute Gasteiger partial charge is 0.0521 e. The van der Waals surface area contributed by atoms with Crippen LogP contribution in [0.4, 0.5) is 0 Å². The minimum absolute atomic E-state index is 0.287. The highest BCUT2D eigenvalue weighted by Gasteiger charge is 1.97. The number of hydrogen-bond acceptors (Lipinski definition) is 2. The van der Waals surface area contributed by atoms with Crippen molar-refractivity contribution >= 4 is 0 Å². The van der Waals surface area contributed by atoms with Crippen LogP contribution >= 0.6 is 0 Å². The molecule has 0 amide bonds. The van der Waals surface area contributed by atoms with Crippen molar-refractivity contribution in [1.82, 2.24) is 9.78 Å². The van der Waals surface area contributed by atoms with Crippen LogP contribution in [0.3, 0.4) is 0 Å². The second kappa shape index (κ2) is 3.53. The third-order valence-corrected chi connectivity index (χ3v) is 1.65. The van der Waals surface area contributed by atoms with Gasteiger partial charge in [0.15, 0.2) is 0 Å². The molecule has 3 nitrogen and oxygen atoms in total. The monoisotopic (exact) mass is 153 g/mol. The summed E-state index contributed by atoms with van der Waals surface area (Å²) < 4.78 is 1.82. The fourth-order valence-corrected chi connectivity index (χ4v) is 0.995. The molecular weight excluding hydrogens is 138 g/mol. The third kappa shape index (κ3) is 2.72. The summed E-state index contributed by atoms with van der Waals surface area (Å²) in [6.07, 6.45) is 5.99. The van der Waals surface area contributed by atoms with E-state index in [2.05, 4.69) is 5.10 Å². The third-order valence-electron chi connectivity index (χ3n) is 1.65. The first-order chi connectivity index (χ1) is 5.18. The maximum atomic E-state index is 5.62. The molecule has 0 bridgehead atoms. The van der Waals surface area contributed by atoms with Crippen molar-refractivity contribution in [2.45, 2.75) is 25.8 Å². The molecule has 0 radical (unpaired) electrons. The maximum Gasteiger partial charge on any atom is 0.0521 e. The lowest BCUT2D eigenvalue weighted by molar-refractivity contribution is 0.665. The molecule has 2 N–H and O–H groups in total. The van der Waals surface area contributed by atoms with E-state index in [9.17, 15) is 0 Å². The van der Waals surface area contributed by atoms with Crippen LogP contribution in [-0.2, 0) is 13.5 Å². The Morgan fingerprint density at radius 3 is 2.91 bits per heavy atom. The highest BCUT2D eigenvalue weighted by Crippen LogP contribution is 2.01. The van der Waals surface area contributed by atoms with Gasteiger partial charge in [0.2, 0.25) is 0 Å². The van der Waals surface area contributed by atoms with Crippen LogP contribution in [0.2, 0.25) is 0 Å². The summed E-state index contributed by atoms with van der Waals surface area (Å²) in [6.45, 7) is 2.02. The van der Waals surface area contributed by atoms with Crippen LogP contribution in [0.25, 0.3) is 0 Å². The topological polar surface area (TPSA) is 43.8 Å². The average Bonchev–Trinajstić information content (AvgIpc) is 2.31. The van der Waals surface area contributed by atoms with Gasteiger partial charge in [-0.15, -0.1) is 0 Å². The Bertz CT molecular complexity index is 215. The van der Waals surface area contributed by atoms with E-state index in [0.29, 0.717) is 0 Å². The number of aromatic nitrogens is 2. The highest BCUT2D eigenvalue weighted by molar-refractivity contribution is 5.03. The van der Waals surface area contributed by atoms with E-state index in [1.807, 2.05) is 31.0 Å². The largest absolute Gasteiger partial charge is 0.328 e. The van der Waals surface area contributed by atoms with Gasteiger partial charge in [0, 0.05) is 19.3 Å². The summed E-state index contributed by atoms with van der Waals surface area (Å²) >= 11 is 0. The molecule has 62 valence electrons. The molecule has 0 aliphatic rings. The van der Waals surface area contributed by atoms with E-state index in [1.54, 1.807) is 0 Å². The molecule has 0 fully saturated rings. The zero-order valence-corrected chi connectivity index (χ0v) is 7.12. The fourth-order valence-electron chi connectivity index (χ4n) is 0.995. The number of nitrogens with two attached hydrogens (primary N) is 1. The Morgan fingerprint density at radius 2 is 2.45 bits per heavy atom. The molecule has 1 rings (SSSR count). The van der Waals surface area contributed by atoms with Crippen molar-refractivity contribution in [3.8, 4) is 0 Å². The predicted octanol–water partition coefficient (Wildman–Crippen LogP) is 0.700. The van der Waals surface area contributed by atoms with Gasteiger partial charge in [-0.2, -0.15) is 5.10 Å². The lowest BCUT2D eigenvalue weighted by Crippen LogP contribution is -2.15. The first-order valence-electron chi connectivity index (χ1n) is 3.91. The molecule has 0 aromatic carbocycles. The standard InChI is InChI=1S/C8H15N3/c1-7(9)3-4-8-5-10-11(2)6-8/h5-7H,3-4,9H2,1-2H3/t7-/m1/s1. The molecular formula is C8H15N3. The van der Waals surface area contributed by atoms with Crippen LogP contribution in [-0.4, -0.2) is 15.8 Å². The average molecular weight is 153 g/mol. The predicted molar refractivity (Wildman–Crippen MR) is 45.2 cm³/mol. The number of rotatable bonds is 3. The summed E-state index contributed by atoms with van der Waals surface area (Å²) in [5.41, 5.74) is 6.89. The molecule has 0 unspecified atom stereocenters. The Hall–Kier alpha value is -0.830. The fraction of sp³-hybridized carbons (Fsp3) is 0.625. The summed E-state index contributed by atoms with van der Waals surface area (Å²) in [7, 11) is 1.93. The van der Waals surface area contributed by atoms with E-state index in [1.165, 1.54) is 5.56 Å². The first-order valence-corrected chi connectivity index (χ1v) is 3.91. The van der Waals surface area contributed by atoms with Gasteiger partial charge in [0.1, 0.15) is 0 Å². The van der Waals surface area contributed by atoms with Gasteiger partial charge in [-0.25, -0.2) is 0 Å². The zero-order chi connectivity index (χ0) is 8.27. The van der Waals surface area contributed by atoms with Crippen LogP contribution in [0.1, 0.15) is 18.9 Å². The molecule has 0 spiro atoms. The highest BCUT2D eigenvalue weighted by atomic mass is 15.2. The molecule has 3 heteroatoms. The molecule has 11 heavy (non-hydrogen) atoms. The minimum Gasteiger partial charge on any atom is -0.328 e. The maximum absolute atomic E-state index is 5.62. The summed E-state index contributed by atoms with van der Waals surface area (Å²) in [4.78, 5) is 0. The Labute approximate surface area is 67.2 Å². The lowest BCUT2D eigenvalue weighted by atomic mass is 10.1. The number of hydrogen-bond donors (Lipinski definition) is 1. The van der Waals surface area contributed by atoms with Crippen LogP contribution < -0.4 is 5.73 Å². The Balaban J connectivity index is 2.39. The first kappa shape index (κ1) is 8.27. The van der Waals surface area contributed by atoms with Crippen molar-refractivity contribution in [3.63, 3.8) is 0 Å². The minimum atomic E-state index is 0.287. The molecule has 1 aromatic rings. The van der Waals surface area contributed by atoms with Crippen molar-refractivity contribution < 1.29 is 0 Å². The second-order valence-electron chi connectivity index (χ2n) is 3.04. The van der Waals surface area contributed by atoms with Gasteiger partial charge in [-0.3, -0.25) is 4.68 Å². The van der Waals surface area contributed by atoms with Crippen molar-refractivity contribution in [1.29, 1.82) is 0 Å². The molecule has 0 saturated carbocycles. The Kier molecular flexibility index (Phi) is 2.65. The zero-order valence-electron chi connectivity index (χ0n) is 7.12. The van der Waals surface area contributed by atoms with Crippen molar-refractivity contribution in [2.24, 2.45) is 12.8 Å². The lowest BCUT2D eigenvalue weighted by Gasteiger charge is -2.00. The molecule has 1 heterocycles.